The molecule has 0 spiro atoms. The number of carbonyl (C=O) groups is 1. The fourth-order valence-corrected chi connectivity index (χ4v) is 3.49. The van der Waals surface area contributed by atoms with Gasteiger partial charge in [-0.3, -0.25) is 9.69 Å². The number of hydrogen-bond donors (Lipinski definition) is 0. The van der Waals surface area contributed by atoms with Crippen molar-refractivity contribution in [3.8, 4) is 0 Å². The minimum atomic E-state index is 0.219. The van der Waals surface area contributed by atoms with E-state index >= 15 is 0 Å². The number of hydrogen-bond acceptors (Lipinski definition) is 3. The lowest BCUT2D eigenvalue weighted by Gasteiger charge is -2.33. The van der Waals surface area contributed by atoms with Crippen LogP contribution in [-0.4, -0.2) is 48.6 Å². The maximum Gasteiger partial charge on any atom is 0.219 e. The first kappa shape index (κ1) is 14.5. The molecule has 3 rings (SSSR count). The molecule has 2 unspecified atom stereocenters. The van der Waals surface area contributed by atoms with Crippen LogP contribution in [-0.2, 0) is 16.1 Å². The van der Waals surface area contributed by atoms with Gasteiger partial charge in [0, 0.05) is 33.1 Å². The van der Waals surface area contributed by atoms with E-state index in [2.05, 4.69) is 17.0 Å². The molecule has 0 aliphatic carbocycles. The molecule has 1 amide bonds. The zero-order valence-electron chi connectivity index (χ0n) is 12.7. The highest BCUT2D eigenvalue weighted by Crippen LogP contribution is 2.31. The van der Waals surface area contributed by atoms with Gasteiger partial charge in [-0.15, -0.1) is 0 Å². The molecule has 2 fully saturated rings. The molecule has 1 aromatic carbocycles. The molecule has 2 heterocycles. The Bertz CT molecular complexity index is 477. The molecule has 4 heteroatoms. The van der Waals surface area contributed by atoms with Crippen LogP contribution in [0.15, 0.2) is 30.3 Å². The van der Waals surface area contributed by atoms with Crippen LogP contribution in [0.25, 0.3) is 0 Å². The summed E-state index contributed by atoms with van der Waals surface area (Å²) in [6.45, 7) is 7.07. The van der Waals surface area contributed by atoms with Gasteiger partial charge in [-0.05, 0) is 23.8 Å². The van der Waals surface area contributed by atoms with Crippen LogP contribution in [0.3, 0.4) is 0 Å². The third kappa shape index (κ3) is 3.63. The van der Waals surface area contributed by atoms with E-state index in [1.54, 1.807) is 6.92 Å². The van der Waals surface area contributed by atoms with Crippen LogP contribution in [0.4, 0.5) is 0 Å². The van der Waals surface area contributed by atoms with Crippen molar-refractivity contribution in [2.75, 3.05) is 32.9 Å². The minimum Gasteiger partial charge on any atom is -0.361 e. The molecule has 2 aliphatic heterocycles. The lowest BCUT2D eigenvalue weighted by Crippen LogP contribution is -2.41. The summed E-state index contributed by atoms with van der Waals surface area (Å²) in [5.41, 5.74) is 1.22. The molecule has 0 N–H and O–H groups in total. The highest BCUT2D eigenvalue weighted by molar-refractivity contribution is 5.73. The smallest absolute Gasteiger partial charge is 0.219 e. The van der Waals surface area contributed by atoms with Gasteiger partial charge in [-0.25, -0.2) is 0 Å². The molecule has 0 bridgehead atoms. The SMILES string of the molecule is CC(=O)N1CC2CCN(COCc3ccccc3)CC2C1. The number of benzene rings is 1. The lowest BCUT2D eigenvalue weighted by molar-refractivity contribution is -0.128. The van der Waals surface area contributed by atoms with Gasteiger partial charge in [-0.1, -0.05) is 30.3 Å². The number of rotatable bonds is 4. The number of likely N-dealkylation sites (tertiary alicyclic amines) is 2. The van der Waals surface area contributed by atoms with Crippen LogP contribution in [0.5, 0.6) is 0 Å². The van der Waals surface area contributed by atoms with Crippen molar-refractivity contribution in [3.63, 3.8) is 0 Å². The van der Waals surface area contributed by atoms with Crippen LogP contribution in [0.2, 0.25) is 0 Å². The summed E-state index contributed by atoms with van der Waals surface area (Å²) in [5.74, 6) is 1.54. The second-order valence-electron chi connectivity index (χ2n) is 6.27. The molecule has 0 radical (unpaired) electrons. The highest BCUT2D eigenvalue weighted by Gasteiger charge is 2.37. The minimum absolute atomic E-state index is 0.219. The Morgan fingerprint density at radius 1 is 1.19 bits per heavy atom. The van der Waals surface area contributed by atoms with Gasteiger partial charge in [0.25, 0.3) is 0 Å². The Balaban J connectivity index is 1.43. The number of fused-ring (bicyclic) bond motifs is 1. The fraction of sp³-hybridized carbons (Fsp3) is 0.588. The van der Waals surface area contributed by atoms with Crippen molar-refractivity contribution in [2.24, 2.45) is 11.8 Å². The van der Waals surface area contributed by atoms with E-state index in [1.807, 2.05) is 23.1 Å². The molecule has 2 saturated heterocycles. The van der Waals surface area contributed by atoms with Gasteiger partial charge in [0.2, 0.25) is 5.91 Å². The van der Waals surface area contributed by atoms with Crippen LogP contribution < -0.4 is 0 Å². The Morgan fingerprint density at radius 3 is 2.71 bits per heavy atom. The Kier molecular flexibility index (Phi) is 4.56. The lowest BCUT2D eigenvalue weighted by atomic mass is 9.89. The van der Waals surface area contributed by atoms with Gasteiger partial charge < -0.3 is 9.64 Å². The third-order valence-corrected chi connectivity index (χ3v) is 4.72. The summed E-state index contributed by atoms with van der Waals surface area (Å²) in [6.07, 6.45) is 1.18. The quantitative estimate of drug-likeness (QED) is 0.849. The molecule has 0 aromatic heterocycles. The Morgan fingerprint density at radius 2 is 1.95 bits per heavy atom. The average Bonchev–Trinajstić information content (AvgIpc) is 2.92. The third-order valence-electron chi connectivity index (χ3n) is 4.72. The number of amides is 1. The second-order valence-corrected chi connectivity index (χ2v) is 6.27. The summed E-state index contributed by atoms with van der Waals surface area (Å²) in [7, 11) is 0. The van der Waals surface area contributed by atoms with Crippen molar-refractivity contribution in [2.45, 2.75) is 20.0 Å². The van der Waals surface area contributed by atoms with E-state index in [1.165, 1.54) is 12.0 Å². The van der Waals surface area contributed by atoms with E-state index in [4.69, 9.17) is 4.74 Å². The number of ether oxygens (including phenoxy) is 1. The van der Waals surface area contributed by atoms with E-state index < -0.39 is 0 Å². The Labute approximate surface area is 126 Å². The van der Waals surface area contributed by atoms with Crippen molar-refractivity contribution >= 4 is 5.91 Å². The molecule has 114 valence electrons. The molecule has 21 heavy (non-hydrogen) atoms. The predicted octanol–water partition coefficient (Wildman–Crippen LogP) is 1.96. The maximum absolute atomic E-state index is 11.5. The zero-order valence-corrected chi connectivity index (χ0v) is 12.7. The summed E-state index contributed by atoms with van der Waals surface area (Å²) in [4.78, 5) is 15.9. The van der Waals surface area contributed by atoms with Gasteiger partial charge in [0.15, 0.2) is 0 Å². The van der Waals surface area contributed by atoms with Crippen molar-refractivity contribution in [3.05, 3.63) is 35.9 Å². The molecular weight excluding hydrogens is 264 g/mol. The number of carbonyl (C=O) groups excluding carboxylic acids is 1. The monoisotopic (exact) mass is 288 g/mol. The highest BCUT2D eigenvalue weighted by atomic mass is 16.5. The zero-order chi connectivity index (χ0) is 14.7. The van der Waals surface area contributed by atoms with E-state index in [0.29, 0.717) is 25.2 Å². The first-order chi connectivity index (χ1) is 10.2. The van der Waals surface area contributed by atoms with Crippen LogP contribution in [0.1, 0.15) is 18.9 Å². The predicted molar refractivity (Wildman–Crippen MR) is 81.5 cm³/mol. The molecule has 0 saturated carbocycles. The van der Waals surface area contributed by atoms with Crippen molar-refractivity contribution in [1.82, 2.24) is 9.80 Å². The van der Waals surface area contributed by atoms with E-state index in [0.717, 1.165) is 26.2 Å². The summed E-state index contributed by atoms with van der Waals surface area (Å²) in [5, 5.41) is 0. The summed E-state index contributed by atoms with van der Waals surface area (Å²) >= 11 is 0. The van der Waals surface area contributed by atoms with E-state index in [9.17, 15) is 4.79 Å². The average molecular weight is 288 g/mol. The second kappa shape index (κ2) is 6.58. The standard InChI is InChI=1S/C17H24N2O2/c1-14(20)19-10-16-7-8-18(9-17(16)11-19)13-21-12-15-5-3-2-4-6-15/h2-6,16-17H,7-13H2,1H3. The fourth-order valence-electron chi connectivity index (χ4n) is 3.49. The van der Waals surface area contributed by atoms with Crippen molar-refractivity contribution in [1.29, 1.82) is 0 Å². The first-order valence-electron chi connectivity index (χ1n) is 7.82. The maximum atomic E-state index is 11.5. The molecule has 4 nitrogen and oxygen atoms in total. The van der Waals surface area contributed by atoms with E-state index in [-0.39, 0.29) is 5.91 Å². The van der Waals surface area contributed by atoms with Gasteiger partial charge in [0.05, 0.1) is 13.3 Å². The summed E-state index contributed by atoms with van der Waals surface area (Å²) < 4.78 is 5.83. The molecule has 2 atom stereocenters. The van der Waals surface area contributed by atoms with Crippen LogP contribution >= 0.6 is 0 Å². The van der Waals surface area contributed by atoms with Gasteiger partial charge in [0.1, 0.15) is 0 Å². The van der Waals surface area contributed by atoms with Gasteiger partial charge in [-0.2, -0.15) is 0 Å². The molecule has 1 aromatic rings. The van der Waals surface area contributed by atoms with Crippen molar-refractivity contribution < 1.29 is 9.53 Å². The Hall–Kier alpha value is -1.39. The summed E-state index contributed by atoms with van der Waals surface area (Å²) in [6, 6.07) is 10.3. The molecule has 2 aliphatic rings. The first-order valence-corrected chi connectivity index (χ1v) is 7.82. The largest absolute Gasteiger partial charge is 0.361 e. The number of nitrogens with zero attached hydrogens (tertiary/aromatic N) is 2. The topological polar surface area (TPSA) is 32.8 Å². The van der Waals surface area contributed by atoms with Crippen LogP contribution in [0, 0.1) is 11.8 Å². The number of piperidine rings is 1. The molecular formula is C17H24N2O2. The van der Waals surface area contributed by atoms with Gasteiger partial charge >= 0.3 is 0 Å². The normalized spacial score (nSPS) is 25.9.